The van der Waals surface area contributed by atoms with Crippen molar-refractivity contribution in [2.75, 3.05) is 6.54 Å². The van der Waals surface area contributed by atoms with E-state index >= 15 is 0 Å². The van der Waals surface area contributed by atoms with E-state index in [1.54, 1.807) is 0 Å². The fourth-order valence-corrected chi connectivity index (χ4v) is 2.50. The van der Waals surface area contributed by atoms with Crippen LogP contribution in [0.25, 0.3) is 0 Å². The van der Waals surface area contributed by atoms with Gasteiger partial charge in [-0.15, -0.1) is 0 Å². The average Bonchev–Trinajstić information content (AvgIpc) is 2.26. The number of rotatable bonds is 5. The van der Waals surface area contributed by atoms with Gasteiger partial charge < -0.3 is 15.7 Å². The number of piperidine rings is 1. The molecule has 110 valence electrons. The van der Waals surface area contributed by atoms with Gasteiger partial charge in [-0.2, -0.15) is 0 Å². The molecule has 0 radical (unpaired) electrons. The van der Waals surface area contributed by atoms with Crippen molar-refractivity contribution >= 4 is 11.9 Å². The summed E-state index contributed by atoms with van der Waals surface area (Å²) in [5.41, 5.74) is -0.00656. The Kier molecular flexibility index (Phi) is 5.79. The van der Waals surface area contributed by atoms with Crippen LogP contribution in [0, 0.1) is 5.41 Å². The summed E-state index contributed by atoms with van der Waals surface area (Å²) in [6.07, 6.45) is 3.63. The molecule has 5 nitrogen and oxygen atoms in total. The average molecular weight is 270 g/mol. The summed E-state index contributed by atoms with van der Waals surface area (Å²) in [6, 6.07) is -0.460. The number of carbonyl (C=O) groups is 2. The van der Waals surface area contributed by atoms with Gasteiger partial charge in [0, 0.05) is 6.04 Å². The van der Waals surface area contributed by atoms with Crippen molar-refractivity contribution in [1.29, 1.82) is 0 Å². The SMILES string of the molecule is CC(C)(C)CC(CC(=O)O)NC(=O)[C@@H]1CCCCN1. The predicted octanol–water partition coefficient (Wildman–Crippen LogP) is 1.52. The number of hydrogen-bond acceptors (Lipinski definition) is 3. The predicted molar refractivity (Wildman–Crippen MR) is 73.9 cm³/mol. The molecule has 1 unspecified atom stereocenters. The third-order valence-corrected chi connectivity index (χ3v) is 3.25. The molecule has 0 aromatic carbocycles. The molecular formula is C14H26N2O3. The molecule has 1 rings (SSSR count). The van der Waals surface area contributed by atoms with Crippen LogP contribution in [0.1, 0.15) is 52.9 Å². The number of aliphatic carboxylic acids is 1. The number of hydrogen-bond donors (Lipinski definition) is 3. The molecule has 3 N–H and O–H groups in total. The van der Waals surface area contributed by atoms with Gasteiger partial charge in [0.05, 0.1) is 12.5 Å². The summed E-state index contributed by atoms with van der Waals surface area (Å²) in [6.45, 7) is 7.01. The summed E-state index contributed by atoms with van der Waals surface area (Å²) in [5.74, 6) is -0.929. The lowest BCUT2D eigenvalue weighted by Gasteiger charge is -2.29. The highest BCUT2D eigenvalue weighted by Gasteiger charge is 2.26. The van der Waals surface area contributed by atoms with Gasteiger partial charge in [0.25, 0.3) is 0 Å². The van der Waals surface area contributed by atoms with Gasteiger partial charge in [-0.3, -0.25) is 9.59 Å². The van der Waals surface area contributed by atoms with Gasteiger partial charge in [0.15, 0.2) is 0 Å². The van der Waals surface area contributed by atoms with E-state index in [0.29, 0.717) is 6.42 Å². The van der Waals surface area contributed by atoms with Crippen LogP contribution in [-0.2, 0) is 9.59 Å². The van der Waals surface area contributed by atoms with Crippen LogP contribution in [0.4, 0.5) is 0 Å². The van der Waals surface area contributed by atoms with Crippen LogP contribution in [0.5, 0.6) is 0 Å². The van der Waals surface area contributed by atoms with Crippen molar-refractivity contribution in [2.24, 2.45) is 5.41 Å². The van der Waals surface area contributed by atoms with Crippen molar-refractivity contribution < 1.29 is 14.7 Å². The van der Waals surface area contributed by atoms with E-state index in [9.17, 15) is 9.59 Å². The number of carbonyl (C=O) groups excluding carboxylic acids is 1. The van der Waals surface area contributed by atoms with Gasteiger partial charge in [-0.05, 0) is 31.2 Å². The Balaban J connectivity index is 2.54. The van der Waals surface area contributed by atoms with Crippen molar-refractivity contribution in [3.8, 4) is 0 Å². The topological polar surface area (TPSA) is 78.4 Å². The van der Waals surface area contributed by atoms with Crippen LogP contribution in [0.15, 0.2) is 0 Å². The molecule has 0 saturated carbocycles. The quantitative estimate of drug-likeness (QED) is 0.708. The summed E-state index contributed by atoms with van der Waals surface area (Å²) in [7, 11) is 0. The van der Waals surface area contributed by atoms with E-state index in [0.717, 1.165) is 25.8 Å². The lowest BCUT2D eigenvalue weighted by Crippen LogP contribution is -2.50. The minimum atomic E-state index is -0.869. The Bertz CT molecular complexity index is 317. The molecule has 1 aliphatic rings. The molecule has 0 aromatic heterocycles. The highest BCUT2D eigenvalue weighted by Crippen LogP contribution is 2.22. The number of amides is 1. The Labute approximate surface area is 115 Å². The summed E-state index contributed by atoms with van der Waals surface area (Å²) in [4.78, 5) is 23.0. The minimum Gasteiger partial charge on any atom is -0.481 e. The molecule has 0 spiro atoms. The molecule has 5 heteroatoms. The largest absolute Gasteiger partial charge is 0.481 e. The van der Waals surface area contributed by atoms with Crippen LogP contribution < -0.4 is 10.6 Å². The van der Waals surface area contributed by atoms with Crippen molar-refractivity contribution in [1.82, 2.24) is 10.6 Å². The van der Waals surface area contributed by atoms with Crippen molar-refractivity contribution in [3.63, 3.8) is 0 Å². The second-order valence-electron chi connectivity index (χ2n) is 6.57. The summed E-state index contributed by atoms with van der Waals surface area (Å²) in [5, 5.41) is 15.0. The summed E-state index contributed by atoms with van der Waals surface area (Å²) >= 11 is 0. The maximum absolute atomic E-state index is 12.1. The Morgan fingerprint density at radius 3 is 2.53 bits per heavy atom. The highest BCUT2D eigenvalue weighted by molar-refractivity contribution is 5.82. The van der Waals surface area contributed by atoms with Crippen LogP contribution in [0.2, 0.25) is 0 Å². The lowest BCUT2D eigenvalue weighted by molar-refractivity contribution is -0.138. The maximum Gasteiger partial charge on any atom is 0.305 e. The van der Waals surface area contributed by atoms with Crippen LogP contribution in [-0.4, -0.2) is 35.6 Å². The fraction of sp³-hybridized carbons (Fsp3) is 0.857. The van der Waals surface area contributed by atoms with E-state index in [1.807, 2.05) is 20.8 Å². The van der Waals surface area contributed by atoms with Gasteiger partial charge in [-0.1, -0.05) is 27.2 Å². The monoisotopic (exact) mass is 270 g/mol. The van der Waals surface area contributed by atoms with E-state index in [1.165, 1.54) is 0 Å². The Morgan fingerprint density at radius 2 is 2.05 bits per heavy atom. The second kappa shape index (κ2) is 6.89. The minimum absolute atomic E-state index is 0.00656. The fourth-order valence-electron chi connectivity index (χ4n) is 2.50. The molecule has 1 heterocycles. The smallest absolute Gasteiger partial charge is 0.305 e. The molecule has 0 bridgehead atoms. The maximum atomic E-state index is 12.1. The van der Waals surface area contributed by atoms with Crippen molar-refractivity contribution in [2.45, 2.75) is 65.0 Å². The second-order valence-corrected chi connectivity index (χ2v) is 6.57. The van der Waals surface area contributed by atoms with E-state index < -0.39 is 5.97 Å². The molecule has 1 fully saturated rings. The molecule has 1 aliphatic heterocycles. The summed E-state index contributed by atoms with van der Waals surface area (Å²) < 4.78 is 0. The molecule has 0 aromatic rings. The first-order valence-electron chi connectivity index (χ1n) is 7.03. The van der Waals surface area contributed by atoms with Gasteiger partial charge >= 0.3 is 5.97 Å². The van der Waals surface area contributed by atoms with Crippen LogP contribution >= 0.6 is 0 Å². The first-order chi connectivity index (χ1) is 8.78. The number of carboxylic acid groups (broad SMARTS) is 1. The molecule has 1 saturated heterocycles. The first kappa shape index (κ1) is 16.0. The molecule has 0 aliphatic carbocycles. The normalized spacial score (nSPS) is 21.7. The molecule has 19 heavy (non-hydrogen) atoms. The van der Waals surface area contributed by atoms with Crippen molar-refractivity contribution in [3.05, 3.63) is 0 Å². The third-order valence-electron chi connectivity index (χ3n) is 3.25. The van der Waals surface area contributed by atoms with Gasteiger partial charge in [-0.25, -0.2) is 0 Å². The van der Waals surface area contributed by atoms with Gasteiger partial charge in [0.1, 0.15) is 0 Å². The third kappa shape index (κ3) is 6.57. The lowest BCUT2D eigenvalue weighted by atomic mass is 9.86. The highest BCUT2D eigenvalue weighted by atomic mass is 16.4. The Morgan fingerprint density at radius 1 is 1.37 bits per heavy atom. The van der Waals surface area contributed by atoms with Gasteiger partial charge in [0.2, 0.25) is 5.91 Å². The zero-order chi connectivity index (χ0) is 14.5. The number of carboxylic acids is 1. The molecule has 1 amide bonds. The zero-order valence-corrected chi connectivity index (χ0v) is 12.2. The molecule has 2 atom stereocenters. The van der Waals surface area contributed by atoms with E-state index in [4.69, 9.17) is 5.11 Å². The van der Waals surface area contributed by atoms with E-state index in [-0.39, 0.29) is 29.8 Å². The van der Waals surface area contributed by atoms with Crippen LogP contribution in [0.3, 0.4) is 0 Å². The molecular weight excluding hydrogens is 244 g/mol. The standard InChI is InChI=1S/C14H26N2O3/c1-14(2,3)9-10(8-12(17)18)16-13(19)11-6-4-5-7-15-11/h10-11,15H,4-9H2,1-3H3,(H,16,19)(H,17,18)/t10?,11-/m0/s1. The zero-order valence-electron chi connectivity index (χ0n) is 12.2. The Hall–Kier alpha value is -1.10. The first-order valence-corrected chi connectivity index (χ1v) is 7.03. The number of nitrogens with one attached hydrogen (secondary N) is 2. The van der Waals surface area contributed by atoms with E-state index in [2.05, 4.69) is 10.6 Å².